The summed E-state index contributed by atoms with van der Waals surface area (Å²) in [7, 11) is 0. The van der Waals surface area contributed by atoms with Gasteiger partial charge in [-0.3, -0.25) is 9.59 Å². The van der Waals surface area contributed by atoms with Gasteiger partial charge >= 0.3 is 0 Å². The van der Waals surface area contributed by atoms with E-state index < -0.39 is 24.2 Å². The smallest absolute Gasteiger partial charge is 0.184 e. The summed E-state index contributed by atoms with van der Waals surface area (Å²) >= 11 is 0. The number of hydrogen-bond donors (Lipinski definition) is 3. The Hall–Kier alpha value is -1.56. The van der Waals surface area contributed by atoms with Gasteiger partial charge in [-0.1, -0.05) is 32.6 Å². The molecule has 0 aromatic carbocycles. The van der Waals surface area contributed by atoms with Crippen molar-refractivity contribution < 1.29 is 24.9 Å². The summed E-state index contributed by atoms with van der Waals surface area (Å²) in [6, 6.07) is 0. The summed E-state index contributed by atoms with van der Waals surface area (Å²) in [6.07, 6.45) is 5.80. The van der Waals surface area contributed by atoms with Gasteiger partial charge in [-0.25, -0.2) is 0 Å². The lowest BCUT2D eigenvalue weighted by atomic mass is 9.46. The molecular formula is C22H28O5. The number of hydrogen-bond acceptors (Lipinski definition) is 5. The number of aliphatic hydroxyl groups excluding tert-OH is 3. The van der Waals surface area contributed by atoms with E-state index in [1.165, 1.54) is 6.08 Å². The van der Waals surface area contributed by atoms with Gasteiger partial charge in [0, 0.05) is 22.8 Å². The largest absolute Gasteiger partial charge is 0.393 e. The lowest BCUT2D eigenvalue weighted by Gasteiger charge is -2.58. The Bertz CT molecular complexity index is 780. The SMILES string of the molecule is C=C1C(=O)C=C2C=C[C@@H]3[C@H]([C@@H](O)C[C@]4(C)[C@@H](C(=O)CO)CC[C@@H]34)[C@@]2(C)C1O. The monoisotopic (exact) mass is 372 g/mol. The van der Waals surface area contributed by atoms with Gasteiger partial charge in [-0.15, -0.1) is 0 Å². The molecule has 5 nitrogen and oxygen atoms in total. The minimum atomic E-state index is -1.03. The number of fused-ring (bicyclic) bond motifs is 5. The first-order chi connectivity index (χ1) is 12.7. The second-order valence-electron chi connectivity index (χ2n) is 9.27. The first kappa shape index (κ1) is 18.8. The summed E-state index contributed by atoms with van der Waals surface area (Å²) in [5.41, 5.74) is -0.216. The Balaban J connectivity index is 1.80. The van der Waals surface area contributed by atoms with E-state index in [-0.39, 0.29) is 46.2 Å². The van der Waals surface area contributed by atoms with Crippen molar-refractivity contribution in [2.24, 2.45) is 34.5 Å². The van der Waals surface area contributed by atoms with Crippen LogP contribution in [-0.4, -0.2) is 45.7 Å². The van der Waals surface area contributed by atoms with E-state index in [1.807, 2.05) is 13.0 Å². The second-order valence-corrected chi connectivity index (χ2v) is 9.27. The molecule has 8 atom stereocenters. The first-order valence-corrected chi connectivity index (χ1v) is 9.79. The Kier molecular flexibility index (Phi) is 4.15. The molecular weight excluding hydrogens is 344 g/mol. The van der Waals surface area contributed by atoms with Crippen molar-refractivity contribution in [2.75, 3.05) is 6.61 Å². The maximum Gasteiger partial charge on any atom is 0.184 e. The number of carbonyl (C=O) groups excluding carboxylic acids is 2. The second kappa shape index (κ2) is 5.97. The summed E-state index contributed by atoms with van der Waals surface area (Å²) in [4.78, 5) is 24.4. The molecule has 3 N–H and O–H groups in total. The Morgan fingerprint density at radius 2 is 2.00 bits per heavy atom. The minimum Gasteiger partial charge on any atom is -0.393 e. The van der Waals surface area contributed by atoms with E-state index >= 15 is 0 Å². The predicted molar refractivity (Wildman–Crippen MR) is 99.5 cm³/mol. The number of Topliss-reactive ketones (excluding diaryl/α,β-unsaturated/α-hetero) is 1. The molecule has 0 aromatic rings. The molecule has 0 aromatic heterocycles. The van der Waals surface area contributed by atoms with Crippen LogP contribution in [0.5, 0.6) is 0 Å². The molecule has 0 bridgehead atoms. The molecule has 4 aliphatic rings. The van der Waals surface area contributed by atoms with Crippen LogP contribution >= 0.6 is 0 Å². The molecule has 0 heterocycles. The summed E-state index contributed by atoms with van der Waals surface area (Å²) in [5, 5.41) is 31.5. The third-order valence-electron chi connectivity index (χ3n) is 8.21. The van der Waals surface area contributed by atoms with Crippen molar-refractivity contribution in [3.8, 4) is 0 Å². The van der Waals surface area contributed by atoms with Crippen LogP contribution in [0.3, 0.4) is 0 Å². The molecule has 0 aliphatic heterocycles. The highest BCUT2D eigenvalue weighted by Crippen LogP contribution is 2.65. The van der Waals surface area contributed by atoms with Gasteiger partial charge in [0.1, 0.15) is 6.61 Å². The topological polar surface area (TPSA) is 94.8 Å². The average molecular weight is 372 g/mol. The van der Waals surface area contributed by atoms with Crippen molar-refractivity contribution in [1.82, 2.24) is 0 Å². The number of carbonyl (C=O) groups is 2. The van der Waals surface area contributed by atoms with Crippen LogP contribution in [0, 0.1) is 34.5 Å². The molecule has 0 saturated heterocycles. The lowest BCUT2D eigenvalue weighted by Crippen LogP contribution is -2.59. The Morgan fingerprint density at radius 3 is 2.67 bits per heavy atom. The number of ketones is 2. The molecule has 5 heteroatoms. The van der Waals surface area contributed by atoms with Crippen LogP contribution in [-0.2, 0) is 9.59 Å². The van der Waals surface area contributed by atoms with Crippen molar-refractivity contribution in [2.45, 2.75) is 45.3 Å². The fourth-order valence-corrected chi connectivity index (χ4v) is 6.83. The molecule has 0 amide bonds. The normalized spacial score (nSPS) is 48.6. The zero-order valence-electron chi connectivity index (χ0n) is 15.9. The van der Waals surface area contributed by atoms with Gasteiger partial charge < -0.3 is 15.3 Å². The van der Waals surface area contributed by atoms with Crippen molar-refractivity contribution in [3.63, 3.8) is 0 Å². The third kappa shape index (κ3) is 2.28. The molecule has 2 fully saturated rings. The standard InChI is InChI=1S/C22H28O5/c1-11-16(24)8-12-4-5-13-14-6-7-15(18(26)10-23)21(14,2)9-17(25)19(13)22(12,3)20(11)27/h4-5,8,13-15,17,19-20,23,25,27H,1,6-7,9-10H2,2-3H3/t13-,14-,15+,17-,19+,20?,21-,22-/m0/s1. The van der Waals surface area contributed by atoms with Gasteiger partial charge in [0.15, 0.2) is 11.6 Å². The van der Waals surface area contributed by atoms with Crippen LogP contribution in [0.15, 0.2) is 36.0 Å². The quantitative estimate of drug-likeness (QED) is 0.640. The van der Waals surface area contributed by atoms with E-state index in [0.29, 0.717) is 6.42 Å². The predicted octanol–water partition coefficient (Wildman–Crippen LogP) is 1.58. The molecule has 4 rings (SSSR count). The van der Waals surface area contributed by atoms with E-state index in [2.05, 4.69) is 19.6 Å². The lowest BCUT2D eigenvalue weighted by molar-refractivity contribution is -0.144. The van der Waals surface area contributed by atoms with Crippen LogP contribution in [0.25, 0.3) is 0 Å². The van der Waals surface area contributed by atoms with Crippen molar-refractivity contribution in [3.05, 3.63) is 36.0 Å². The number of rotatable bonds is 2. The van der Waals surface area contributed by atoms with Gasteiger partial charge in [-0.05, 0) is 48.2 Å². The zero-order chi connectivity index (χ0) is 19.7. The van der Waals surface area contributed by atoms with Crippen LogP contribution in [0.1, 0.15) is 33.1 Å². The highest BCUT2D eigenvalue weighted by atomic mass is 16.3. The summed E-state index contributed by atoms with van der Waals surface area (Å²) < 4.78 is 0. The van der Waals surface area contributed by atoms with Crippen LogP contribution in [0.4, 0.5) is 0 Å². The first-order valence-electron chi connectivity index (χ1n) is 9.79. The molecule has 0 radical (unpaired) electrons. The van der Waals surface area contributed by atoms with Gasteiger partial charge in [-0.2, -0.15) is 0 Å². The molecule has 146 valence electrons. The molecule has 27 heavy (non-hydrogen) atoms. The van der Waals surface area contributed by atoms with E-state index in [9.17, 15) is 24.9 Å². The van der Waals surface area contributed by atoms with Crippen LogP contribution in [0.2, 0.25) is 0 Å². The summed E-state index contributed by atoms with van der Waals surface area (Å²) in [6.45, 7) is 7.29. The highest BCUT2D eigenvalue weighted by molar-refractivity contribution is 6.06. The van der Waals surface area contributed by atoms with Crippen molar-refractivity contribution in [1.29, 1.82) is 0 Å². The fraction of sp³-hybridized carbons (Fsp3) is 0.636. The maximum atomic E-state index is 12.3. The van der Waals surface area contributed by atoms with E-state index in [1.54, 1.807) is 0 Å². The molecule has 2 saturated carbocycles. The minimum absolute atomic E-state index is 0.00745. The van der Waals surface area contributed by atoms with Gasteiger partial charge in [0.25, 0.3) is 0 Å². The number of aliphatic hydroxyl groups is 3. The molecule has 0 spiro atoms. The maximum absolute atomic E-state index is 12.3. The Morgan fingerprint density at radius 1 is 1.30 bits per heavy atom. The van der Waals surface area contributed by atoms with E-state index in [4.69, 9.17) is 0 Å². The van der Waals surface area contributed by atoms with Crippen LogP contribution < -0.4 is 0 Å². The zero-order valence-corrected chi connectivity index (χ0v) is 15.9. The van der Waals surface area contributed by atoms with Gasteiger partial charge in [0.2, 0.25) is 0 Å². The average Bonchev–Trinajstić information content (AvgIpc) is 2.97. The van der Waals surface area contributed by atoms with E-state index in [0.717, 1.165) is 18.4 Å². The molecule has 4 aliphatic carbocycles. The summed E-state index contributed by atoms with van der Waals surface area (Å²) in [5.74, 6) is -0.688. The third-order valence-corrected chi connectivity index (χ3v) is 8.21. The number of allylic oxidation sites excluding steroid dienone is 3. The highest BCUT2D eigenvalue weighted by Gasteiger charge is 2.63. The molecule has 1 unspecified atom stereocenters. The Labute approximate surface area is 159 Å². The van der Waals surface area contributed by atoms with Gasteiger partial charge in [0.05, 0.1) is 12.2 Å². The fourth-order valence-electron chi connectivity index (χ4n) is 6.83. The van der Waals surface area contributed by atoms with Crippen molar-refractivity contribution >= 4 is 11.6 Å².